The van der Waals surface area contributed by atoms with Crippen LogP contribution >= 0.6 is 0 Å². The van der Waals surface area contributed by atoms with E-state index >= 15 is 0 Å². The Morgan fingerprint density at radius 2 is 1.80 bits per heavy atom. The molecule has 1 aromatic carbocycles. The van der Waals surface area contributed by atoms with Crippen LogP contribution in [-0.2, 0) is 6.42 Å². The SMILES string of the molecule is CCCc1ccc(C(C#N)C(C)C)cc1. The van der Waals surface area contributed by atoms with Crippen LogP contribution in [0.5, 0.6) is 0 Å². The predicted molar refractivity (Wildman–Crippen MR) is 63.6 cm³/mol. The average Bonchev–Trinajstić information content (AvgIpc) is 2.21. The number of nitriles is 1. The minimum atomic E-state index is 0.0284. The molecule has 0 aliphatic heterocycles. The van der Waals surface area contributed by atoms with Crippen LogP contribution in [0.25, 0.3) is 0 Å². The van der Waals surface area contributed by atoms with Gasteiger partial charge in [-0.2, -0.15) is 5.26 Å². The Bertz CT molecular complexity index is 329. The highest BCUT2D eigenvalue weighted by molar-refractivity contribution is 5.29. The molecule has 0 aliphatic rings. The maximum atomic E-state index is 9.07. The van der Waals surface area contributed by atoms with Gasteiger partial charge in [-0.15, -0.1) is 0 Å². The zero-order chi connectivity index (χ0) is 11.3. The smallest absolute Gasteiger partial charge is 0.0735 e. The van der Waals surface area contributed by atoms with E-state index in [1.165, 1.54) is 12.0 Å². The van der Waals surface area contributed by atoms with Crippen LogP contribution in [0, 0.1) is 17.2 Å². The van der Waals surface area contributed by atoms with Crippen LogP contribution in [0.4, 0.5) is 0 Å². The van der Waals surface area contributed by atoms with Gasteiger partial charge >= 0.3 is 0 Å². The summed E-state index contributed by atoms with van der Waals surface area (Å²) < 4.78 is 0. The number of hydrogen-bond acceptors (Lipinski definition) is 1. The van der Waals surface area contributed by atoms with Gasteiger partial charge in [0.15, 0.2) is 0 Å². The maximum Gasteiger partial charge on any atom is 0.0735 e. The van der Waals surface area contributed by atoms with Crippen LogP contribution in [0.3, 0.4) is 0 Å². The average molecular weight is 201 g/mol. The van der Waals surface area contributed by atoms with Crippen LogP contribution in [0.2, 0.25) is 0 Å². The van der Waals surface area contributed by atoms with Crippen molar-refractivity contribution in [3.63, 3.8) is 0 Å². The van der Waals surface area contributed by atoms with Crippen molar-refractivity contribution >= 4 is 0 Å². The lowest BCUT2D eigenvalue weighted by atomic mass is 9.89. The Morgan fingerprint density at radius 3 is 2.20 bits per heavy atom. The van der Waals surface area contributed by atoms with E-state index in [2.05, 4.69) is 51.1 Å². The van der Waals surface area contributed by atoms with E-state index in [1.807, 2.05) is 0 Å². The van der Waals surface area contributed by atoms with Gasteiger partial charge in [-0.25, -0.2) is 0 Å². The fourth-order valence-corrected chi connectivity index (χ4v) is 1.79. The summed E-state index contributed by atoms with van der Waals surface area (Å²) in [6.45, 7) is 6.36. The third-order valence-corrected chi connectivity index (χ3v) is 2.68. The van der Waals surface area contributed by atoms with Gasteiger partial charge in [0.1, 0.15) is 0 Å². The molecule has 1 rings (SSSR count). The van der Waals surface area contributed by atoms with Crippen LogP contribution in [0.15, 0.2) is 24.3 Å². The van der Waals surface area contributed by atoms with Gasteiger partial charge in [0.2, 0.25) is 0 Å². The van der Waals surface area contributed by atoms with Crippen LogP contribution in [-0.4, -0.2) is 0 Å². The second kappa shape index (κ2) is 5.56. The fraction of sp³-hybridized carbons (Fsp3) is 0.500. The third-order valence-electron chi connectivity index (χ3n) is 2.68. The van der Waals surface area contributed by atoms with Gasteiger partial charge < -0.3 is 0 Å². The van der Waals surface area contributed by atoms with Crippen molar-refractivity contribution in [3.8, 4) is 6.07 Å². The summed E-state index contributed by atoms with van der Waals surface area (Å²) >= 11 is 0. The highest BCUT2D eigenvalue weighted by atomic mass is 14.3. The van der Waals surface area contributed by atoms with E-state index in [1.54, 1.807) is 0 Å². The van der Waals surface area contributed by atoms with Crippen molar-refractivity contribution in [2.75, 3.05) is 0 Å². The summed E-state index contributed by atoms with van der Waals surface area (Å²) in [4.78, 5) is 0. The first-order valence-electron chi connectivity index (χ1n) is 5.67. The Morgan fingerprint density at radius 1 is 1.20 bits per heavy atom. The number of nitrogens with zero attached hydrogens (tertiary/aromatic N) is 1. The predicted octanol–water partition coefficient (Wildman–Crippen LogP) is 3.90. The molecule has 0 N–H and O–H groups in total. The third kappa shape index (κ3) is 3.09. The lowest BCUT2D eigenvalue weighted by Crippen LogP contribution is -2.03. The van der Waals surface area contributed by atoms with E-state index in [0.717, 1.165) is 12.0 Å². The zero-order valence-electron chi connectivity index (χ0n) is 9.83. The topological polar surface area (TPSA) is 23.8 Å². The molecule has 0 fully saturated rings. The summed E-state index contributed by atoms with van der Waals surface area (Å²) in [5, 5.41) is 9.07. The largest absolute Gasteiger partial charge is 0.198 e. The molecule has 0 saturated carbocycles. The molecule has 0 aliphatic carbocycles. The van der Waals surface area contributed by atoms with Gasteiger partial charge in [-0.3, -0.25) is 0 Å². The van der Waals surface area contributed by atoms with Crippen LogP contribution in [0.1, 0.15) is 44.2 Å². The Balaban J connectivity index is 2.83. The molecule has 0 radical (unpaired) electrons. The summed E-state index contributed by atoms with van der Waals surface area (Å²) in [6.07, 6.45) is 2.30. The van der Waals surface area contributed by atoms with Gasteiger partial charge in [0, 0.05) is 0 Å². The minimum absolute atomic E-state index is 0.0284. The lowest BCUT2D eigenvalue weighted by molar-refractivity contribution is 0.587. The summed E-state index contributed by atoms with van der Waals surface area (Å²) in [5.41, 5.74) is 2.51. The molecule has 80 valence electrons. The van der Waals surface area contributed by atoms with E-state index in [-0.39, 0.29) is 5.92 Å². The fourth-order valence-electron chi connectivity index (χ4n) is 1.79. The van der Waals surface area contributed by atoms with E-state index in [9.17, 15) is 0 Å². The first-order valence-corrected chi connectivity index (χ1v) is 5.67. The van der Waals surface area contributed by atoms with Crippen molar-refractivity contribution in [1.29, 1.82) is 5.26 Å². The monoisotopic (exact) mass is 201 g/mol. The molecule has 1 aromatic rings. The van der Waals surface area contributed by atoms with Gasteiger partial charge in [0.05, 0.1) is 12.0 Å². The van der Waals surface area contributed by atoms with Crippen molar-refractivity contribution in [3.05, 3.63) is 35.4 Å². The molecule has 0 bridgehead atoms. The van der Waals surface area contributed by atoms with Crippen LogP contribution < -0.4 is 0 Å². The molecule has 1 atom stereocenters. The second-order valence-electron chi connectivity index (χ2n) is 4.34. The molecule has 0 amide bonds. The molecule has 0 saturated heterocycles. The molecule has 0 aromatic heterocycles. The van der Waals surface area contributed by atoms with Gasteiger partial charge in [-0.1, -0.05) is 51.5 Å². The lowest BCUT2D eigenvalue weighted by Gasteiger charge is -2.13. The van der Waals surface area contributed by atoms with Crippen molar-refractivity contribution in [2.24, 2.45) is 5.92 Å². The maximum absolute atomic E-state index is 9.07. The zero-order valence-corrected chi connectivity index (χ0v) is 9.83. The molecule has 0 spiro atoms. The molecule has 1 nitrogen and oxygen atoms in total. The molecule has 1 unspecified atom stereocenters. The molecular formula is C14H19N. The second-order valence-corrected chi connectivity index (χ2v) is 4.34. The first kappa shape index (κ1) is 11.8. The minimum Gasteiger partial charge on any atom is -0.198 e. The van der Waals surface area contributed by atoms with Crippen molar-refractivity contribution in [1.82, 2.24) is 0 Å². The summed E-state index contributed by atoms with van der Waals surface area (Å²) in [7, 11) is 0. The summed E-state index contributed by atoms with van der Waals surface area (Å²) in [5.74, 6) is 0.410. The Labute approximate surface area is 92.7 Å². The standard InChI is InChI=1S/C14H19N/c1-4-5-12-6-8-13(9-7-12)14(10-15)11(2)3/h6-9,11,14H,4-5H2,1-3H3. The highest BCUT2D eigenvalue weighted by Crippen LogP contribution is 2.23. The molecule has 1 heteroatoms. The van der Waals surface area contributed by atoms with E-state index < -0.39 is 0 Å². The van der Waals surface area contributed by atoms with E-state index in [0.29, 0.717) is 5.92 Å². The number of benzene rings is 1. The number of rotatable bonds is 4. The summed E-state index contributed by atoms with van der Waals surface area (Å²) in [6, 6.07) is 10.9. The number of hydrogen-bond donors (Lipinski definition) is 0. The molecule has 15 heavy (non-hydrogen) atoms. The van der Waals surface area contributed by atoms with Gasteiger partial charge in [0.25, 0.3) is 0 Å². The van der Waals surface area contributed by atoms with Crippen molar-refractivity contribution in [2.45, 2.75) is 39.5 Å². The number of aryl methyl sites for hydroxylation is 1. The quantitative estimate of drug-likeness (QED) is 0.724. The Kier molecular flexibility index (Phi) is 4.37. The molecular weight excluding hydrogens is 182 g/mol. The Hall–Kier alpha value is -1.29. The normalized spacial score (nSPS) is 12.5. The van der Waals surface area contributed by atoms with Gasteiger partial charge in [-0.05, 0) is 23.5 Å². The molecule has 0 heterocycles. The van der Waals surface area contributed by atoms with E-state index in [4.69, 9.17) is 5.26 Å². The highest BCUT2D eigenvalue weighted by Gasteiger charge is 2.14. The first-order chi connectivity index (χ1) is 7.19. The van der Waals surface area contributed by atoms with Crippen molar-refractivity contribution < 1.29 is 0 Å².